The van der Waals surface area contributed by atoms with Crippen molar-refractivity contribution in [3.8, 4) is 0 Å². The zero-order chi connectivity index (χ0) is 68.1. The number of halogens is 2. The number of thioether (sulfide) groups is 2. The van der Waals surface area contributed by atoms with Crippen LogP contribution in [0.15, 0.2) is 115 Å². The quantitative estimate of drug-likeness (QED) is 0.0571. The van der Waals surface area contributed by atoms with E-state index in [2.05, 4.69) is 73.5 Å². The van der Waals surface area contributed by atoms with Gasteiger partial charge in [0.2, 0.25) is 53.7 Å². The van der Waals surface area contributed by atoms with E-state index in [1.54, 1.807) is 34.6 Å². The van der Waals surface area contributed by atoms with Crippen molar-refractivity contribution in [1.82, 2.24) is 67.4 Å². The monoisotopic (exact) mass is 1350 g/mol. The highest BCUT2D eigenvalue weighted by atomic mass is 32.2. The first-order valence-corrected chi connectivity index (χ1v) is 34.3. The van der Waals surface area contributed by atoms with E-state index in [4.69, 9.17) is 5.73 Å². The molecule has 1 fully saturated rings. The molecule has 2 aliphatic heterocycles. The lowest BCUT2D eigenvalue weighted by molar-refractivity contribution is -0.139. The number of nitrogens with two attached hydrogens (primary N) is 1. The number of H-pyrrole nitrogens is 3. The summed E-state index contributed by atoms with van der Waals surface area (Å²) in [5.41, 5.74) is 10.7. The van der Waals surface area contributed by atoms with E-state index < -0.39 is 102 Å². The molecule has 0 saturated carbocycles. The molecule has 0 aliphatic carbocycles. The second-order valence-electron chi connectivity index (χ2n) is 24.1. The molecular formula is C68H81F2N15O9S2. The summed E-state index contributed by atoms with van der Waals surface area (Å²) in [6.07, 6.45) is 8.03. The van der Waals surface area contributed by atoms with Gasteiger partial charge in [0.25, 0.3) is 0 Å². The summed E-state index contributed by atoms with van der Waals surface area (Å²) >= 11 is 3.21. The van der Waals surface area contributed by atoms with Crippen LogP contribution in [0.1, 0.15) is 84.5 Å². The van der Waals surface area contributed by atoms with Crippen molar-refractivity contribution in [2.24, 2.45) is 10.7 Å². The van der Waals surface area contributed by atoms with Gasteiger partial charge in [-0.1, -0.05) is 54.1 Å². The van der Waals surface area contributed by atoms with Crippen molar-refractivity contribution in [2.45, 2.75) is 125 Å². The van der Waals surface area contributed by atoms with Gasteiger partial charge in [0, 0.05) is 114 Å². The lowest BCUT2D eigenvalue weighted by Gasteiger charge is -2.38. The zero-order valence-electron chi connectivity index (χ0n) is 53.5. The smallest absolute Gasteiger partial charge is 0.246 e. The summed E-state index contributed by atoms with van der Waals surface area (Å²) in [6.45, 7) is 3.33. The number of unbranched alkanes of at least 4 members (excludes halogenated alkanes) is 1. The number of rotatable bonds is 13. The van der Waals surface area contributed by atoms with Crippen molar-refractivity contribution in [3.63, 3.8) is 0 Å². The van der Waals surface area contributed by atoms with Gasteiger partial charge in [0.05, 0.1) is 25.0 Å². The Labute approximate surface area is 562 Å². The molecule has 9 amide bonds. The first kappa shape index (κ1) is 70.9. The summed E-state index contributed by atoms with van der Waals surface area (Å²) < 4.78 is 29.7. The molecule has 2 aliphatic rings. The maximum absolute atomic E-state index is 15.3. The fourth-order valence-corrected chi connectivity index (χ4v) is 13.7. The molecule has 0 unspecified atom stereocenters. The Balaban J connectivity index is 1.01. The van der Waals surface area contributed by atoms with E-state index in [-0.39, 0.29) is 51.0 Å². The third kappa shape index (κ3) is 19.6. The van der Waals surface area contributed by atoms with Gasteiger partial charge in [-0.15, -0.1) is 0 Å². The minimum Gasteiger partial charge on any atom is -0.371 e. The minimum absolute atomic E-state index is 0.0366. The number of fused-ring (bicyclic) bond motifs is 5. The van der Waals surface area contributed by atoms with Crippen LogP contribution in [0.4, 0.5) is 8.78 Å². The Hall–Kier alpha value is -9.41. The first-order chi connectivity index (χ1) is 46.3. The van der Waals surface area contributed by atoms with Crippen LogP contribution in [0.3, 0.4) is 0 Å². The molecule has 0 spiro atoms. The number of imidazole rings is 1. The molecule has 6 atom stereocenters. The minimum atomic E-state index is -1.55. The molecule has 13 N–H and O–H groups in total. The maximum atomic E-state index is 15.3. The van der Waals surface area contributed by atoms with Crippen molar-refractivity contribution in [2.75, 3.05) is 44.2 Å². The van der Waals surface area contributed by atoms with Gasteiger partial charge in [-0.05, 0) is 117 Å². The molecule has 2 bridgehead atoms. The number of amidine groups is 1. The molecule has 24 nitrogen and oxygen atoms in total. The molecule has 9 rings (SSSR count). The van der Waals surface area contributed by atoms with Gasteiger partial charge >= 0.3 is 0 Å². The van der Waals surface area contributed by atoms with Crippen LogP contribution < -0.4 is 48.3 Å². The first-order valence-electron chi connectivity index (χ1n) is 31.9. The SMILES string of the molecule is Cc1cccc(C[C@@H]2NC(=O)[C@H](Cc3cnc[nH]3)NC(=O)CNC(=O)[C@H](Cc3c[nH]c4ccc(F)cc34)NC(=O)[C@H](Cc3c[nH]c4ccc(F)cc34)NC(=O)CNC(=O)[C@H](CCCCN)NC(=O)CCSCc3cccc(c3)CSCCN/C(=N\C=O)[C@]3(C)CCCN3C2=O)c1. The van der Waals surface area contributed by atoms with Gasteiger partial charge in [0.1, 0.15) is 47.7 Å². The van der Waals surface area contributed by atoms with Gasteiger partial charge < -0.3 is 68.1 Å². The van der Waals surface area contributed by atoms with Gasteiger partial charge in [-0.2, -0.15) is 23.5 Å². The number of amides is 9. The van der Waals surface area contributed by atoms with Crippen molar-refractivity contribution in [1.29, 1.82) is 0 Å². The van der Waals surface area contributed by atoms with Crippen molar-refractivity contribution in [3.05, 3.63) is 161 Å². The van der Waals surface area contributed by atoms with Gasteiger partial charge in [-0.3, -0.25) is 43.2 Å². The summed E-state index contributed by atoms with van der Waals surface area (Å²) in [7, 11) is 0. The number of hydrogen-bond donors (Lipinski definition) is 12. The average molecular weight is 1350 g/mol. The Morgan fingerprint density at radius 3 is 1.85 bits per heavy atom. The fraction of sp³-hybridized carbons (Fsp3) is 0.397. The normalized spacial score (nSPS) is 22.2. The number of aryl methyl sites for hydroxylation is 1. The zero-order valence-corrected chi connectivity index (χ0v) is 55.1. The van der Waals surface area contributed by atoms with Crippen molar-refractivity contribution < 1.29 is 51.9 Å². The Morgan fingerprint density at radius 1 is 0.646 bits per heavy atom. The number of carbonyl (C=O) groups excluding carboxylic acids is 9. The Morgan fingerprint density at radius 2 is 1.24 bits per heavy atom. The van der Waals surface area contributed by atoms with Crippen LogP contribution in [0.5, 0.6) is 0 Å². The number of aromatic amines is 3. The van der Waals surface area contributed by atoms with Gasteiger partial charge in [-0.25, -0.2) is 18.8 Å². The molecular weight excluding hydrogens is 1270 g/mol. The molecule has 28 heteroatoms. The number of carbonyl (C=O) groups is 9. The number of benzene rings is 4. The largest absolute Gasteiger partial charge is 0.371 e. The standard InChI is InChI=1S/C68H81F2N15O9S2/c1-41-8-5-9-42(24-41)26-58-66(94)85-21-7-18-68(85,2)67(79-40-86)73-20-23-96-38-44-11-6-10-43(25-44)37-95-22-17-59(87)80-54(12-3-4-19-71)62(90)76-35-60(88)81-56(28-46-33-75-53-16-14-48(70)30-51(46)53)64(92)83-55(27-45-32-74-52-15-13-47(69)29-50(45)52)63(91)77-36-61(89)82-57(65(93)84-58)31-49-34-72-39-78-49/h5-6,8-11,13-16,24-25,29-30,32-34,39-40,54-58,74-75H,3-4,7,12,17-23,26-28,31,35-38,71H2,1-2H3,(H,72,78)(H,76,90)(H,77,91)(H,80,87)(H,81,88)(H,82,89)(H,83,92)(H,84,93)(H,73,79,86)/t54-,55-,56-,57-,58-,68-/m0/s1. The van der Waals surface area contributed by atoms with E-state index in [1.807, 2.05) is 56.3 Å². The van der Waals surface area contributed by atoms with E-state index in [1.165, 1.54) is 55.1 Å². The Bertz CT molecular complexity index is 3940. The number of aromatic nitrogens is 4. The second kappa shape index (κ2) is 34.3. The number of hydrogen-bond acceptors (Lipinski definition) is 13. The third-order valence-electron chi connectivity index (χ3n) is 16.9. The van der Waals surface area contributed by atoms with E-state index >= 15 is 4.79 Å². The molecule has 7 aromatic rings. The van der Waals surface area contributed by atoms with Gasteiger partial charge in [0.15, 0.2) is 0 Å². The average Bonchev–Trinajstić information content (AvgIpc) is 1.57. The van der Waals surface area contributed by atoms with E-state index in [0.717, 1.165) is 22.3 Å². The topological polar surface area (TPSA) is 352 Å². The molecule has 4 aromatic carbocycles. The fourth-order valence-electron chi connectivity index (χ4n) is 12.0. The molecule has 0 radical (unpaired) electrons. The molecule has 5 heterocycles. The third-order valence-corrected chi connectivity index (χ3v) is 19.0. The van der Waals surface area contributed by atoms with Crippen molar-refractivity contribution >= 4 is 105 Å². The summed E-state index contributed by atoms with van der Waals surface area (Å²) in [5.74, 6) is -4.36. The molecule has 508 valence electrons. The lowest BCUT2D eigenvalue weighted by atomic mass is 9.95. The van der Waals surface area contributed by atoms with Crippen LogP contribution in [0, 0.1) is 18.6 Å². The maximum Gasteiger partial charge on any atom is 0.246 e. The van der Waals surface area contributed by atoms with Crippen LogP contribution >= 0.6 is 23.5 Å². The van der Waals surface area contributed by atoms with Crippen LogP contribution in [0.2, 0.25) is 0 Å². The predicted octanol–water partition coefficient (Wildman–Crippen LogP) is 4.11. The molecule has 96 heavy (non-hydrogen) atoms. The van der Waals surface area contributed by atoms with Crippen LogP contribution in [-0.2, 0) is 80.3 Å². The van der Waals surface area contributed by atoms with Crippen LogP contribution in [0.25, 0.3) is 21.8 Å². The summed E-state index contributed by atoms with van der Waals surface area (Å²) in [4.78, 5) is 147. The molecule has 1 saturated heterocycles. The number of nitrogens with one attached hydrogen (secondary N) is 11. The summed E-state index contributed by atoms with van der Waals surface area (Å²) in [5, 5.41) is 23.2. The lowest BCUT2D eigenvalue weighted by Crippen LogP contribution is -2.62. The highest BCUT2D eigenvalue weighted by Crippen LogP contribution is 2.32. The highest BCUT2D eigenvalue weighted by molar-refractivity contribution is 7.98. The van der Waals surface area contributed by atoms with E-state index in [9.17, 15) is 47.1 Å². The predicted molar refractivity (Wildman–Crippen MR) is 364 cm³/mol. The summed E-state index contributed by atoms with van der Waals surface area (Å²) in [6, 6.07) is 16.9. The highest BCUT2D eigenvalue weighted by Gasteiger charge is 2.46. The molecule has 3 aromatic heterocycles. The number of aliphatic imine (C=N–C) groups is 1. The van der Waals surface area contributed by atoms with E-state index in [0.29, 0.717) is 113 Å². The van der Waals surface area contributed by atoms with Crippen LogP contribution in [-0.4, -0.2) is 164 Å². The second-order valence-corrected chi connectivity index (χ2v) is 26.4. The number of nitrogens with zero attached hydrogens (tertiary/aromatic N) is 3. The Kier molecular flexibility index (Phi) is 25.3.